The van der Waals surface area contributed by atoms with Gasteiger partial charge in [-0.1, -0.05) is 87.3 Å². The summed E-state index contributed by atoms with van der Waals surface area (Å²) in [7, 11) is -3.96. The van der Waals surface area contributed by atoms with Gasteiger partial charge in [0.1, 0.15) is 6.54 Å². The van der Waals surface area contributed by atoms with Gasteiger partial charge in [-0.05, 0) is 74.8 Å². The molecule has 0 saturated heterocycles. The van der Waals surface area contributed by atoms with Crippen LogP contribution in [0.15, 0.2) is 94.7 Å². The van der Waals surface area contributed by atoms with E-state index in [4.69, 9.17) is 11.6 Å². The summed E-state index contributed by atoms with van der Waals surface area (Å²) in [5.74, 6) is -0.218. The molecule has 0 spiro atoms. The molecular formula is C38H48ClN2O3S+. The molecule has 45 heavy (non-hydrogen) atoms. The van der Waals surface area contributed by atoms with Crippen molar-refractivity contribution in [3.05, 3.63) is 106 Å². The standard InChI is InChI=1S/C38H47ClN2O3S/c1-6-7-25-40-32-19-10-8-17-30(32)37(2,3)34(40)23-21-28-15-14-16-29(36(28)39)22-24-35-38(4,5)31-18-9-11-20-33(31)41(35)26-12-13-27-45(42,43)44/h8-11,17-24H,6-7,12-16,25-27H2,1-5H3/p+1. The summed E-state index contributed by atoms with van der Waals surface area (Å²) in [5.41, 5.74) is 9.61. The number of allylic oxidation sites excluding steroid dienone is 8. The fourth-order valence-corrected chi connectivity index (χ4v) is 8.09. The van der Waals surface area contributed by atoms with Crippen LogP contribution in [0.2, 0.25) is 0 Å². The van der Waals surface area contributed by atoms with E-state index in [2.05, 4.69) is 111 Å². The topological polar surface area (TPSA) is 60.6 Å². The van der Waals surface area contributed by atoms with E-state index in [-0.39, 0.29) is 16.6 Å². The SMILES string of the molecule is CCCCN1C(=CC=C2CCCC(C=CC3=[N+](CCCCS(=O)(=O)O)c4ccccc4C3(C)C)=C2Cl)C(C)(C)c2ccccc21. The number of unbranched alkanes of at least 4 members (excludes halogenated alkanes) is 2. The van der Waals surface area contributed by atoms with Crippen molar-refractivity contribution in [1.82, 2.24) is 0 Å². The molecular weight excluding hydrogens is 600 g/mol. The first-order valence-electron chi connectivity index (χ1n) is 16.4. The maximum absolute atomic E-state index is 11.3. The minimum absolute atomic E-state index is 0.0838. The van der Waals surface area contributed by atoms with Gasteiger partial charge in [-0.2, -0.15) is 13.0 Å². The molecule has 0 aromatic heterocycles. The molecule has 0 unspecified atom stereocenters. The number of hydrogen-bond donors (Lipinski definition) is 1. The third-order valence-electron chi connectivity index (χ3n) is 9.71. The second-order valence-corrected chi connectivity index (χ2v) is 15.5. The van der Waals surface area contributed by atoms with Crippen molar-refractivity contribution in [2.75, 3.05) is 23.7 Å². The predicted molar refractivity (Wildman–Crippen MR) is 189 cm³/mol. The highest BCUT2D eigenvalue weighted by molar-refractivity contribution is 7.85. The molecule has 2 aromatic rings. The van der Waals surface area contributed by atoms with Crippen LogP contribution in [0.4, 0.5) is 11.4 Å². The molecule has 0 atom stereocenters. The van der Waals surface area contributed by atoms with Crippen LogP contribution >= 0.6 is 11.6 Å². The summed E-state index contributed by atoms with van der Waals surface area (Å²) in [4.78, 5) is 2.50. The lowest BCUT2D eigenvalue weighted by Gasteiger charge is -2.27. The average molecular weight is 648 g/mol. The third kappa shape index (κ3) is 6.94. The van der Waals surface area contributed by atoms with Crippen LogP contribution in [-0.2, 0) is 20.9 Å². The first-order chi connectivity index (χ1) is 21.4. The Kier molecular flexibility index (Phi) is 9.98. The molecule has 0 bridgehead atoms. The quantitative estimate of drug-likeness (QED) is 0.150. The molecule has 0 saturated carbocycles. The number of para-hydroxylation sites is 2. The van der Waals surface area contributed by atoms with Crippen molar-refractivity contribution in [3.63, 3.8) is 0 Å². The minimum Gasteiger partial charge on any atom is -0.344 e. The molecule has 0 fully saturated rings. The van der Waals surface area contributed by atoms with Crippen LogP contribution in [0, 0.1) is 0 Å². The van der Waals surface area contributed by atoms with Crippen LogP contribution in [0.25, 0.3) is 0 Å². The van der Waals surface area contributed by atoms with Crippen molar-refractivity contribution in [2.24, 2.45) is 0 Å². The molecule has 240 valence electrons. The zero-order chi connectivity index (χ0) is 32.4. The van der Waals surface area contributed by atoms with Gasteiger partial charge in [0, 0.05) is 52.5 Å². The largest absolute Gasteiger partial charge is 0.344 e. The summed E-state index contributed by atoms with van der Waals surface area (Å²) in [6.07, 6.45) is 15.3. The summed E-state index contributed by atoms with van der Waals surface area (Å²) in [6, 6.07) is 17.2. The van der Waals surface area contributed by atoms with Crippen LogP contribution < -0.4 is 4.90 Å². The van der Waals surface area contributed by atoms with Crippen molar-refractivity contribution in [3.8, 4) is 0 Å². The monoisotopic (exact) mass is 647 g/mol. The van der Waals surface area contributed by atoms with Gasteiger partial charge in [0.2, 0.25) is 5.69 Å². The molecule has 1 N–H and O–H groups in total. The number of nitrogens with zero attached hydrogens (tertiary/aromatic N) is 2. The smallest absolute Gasteiger partial charge is 0.264 e. The van der Waals surface area contributed by atoms with E-state index < -0.39 is 10.1 Å². The van der Waals surface area contributed by atoms with Gasteiger partial charge >= 0.3 is 0 Å². The van der Waals surface area contributed by atoms with E-state index in [1.807, 2.05) is 6.07 Å². The molecule has 1 aliphatic carbocycles. The average Bonchev–Trinajstić information content (AvgIpc) is 3.35. The predicted octanol–water partition coefficient (Wildman–Crippen LogP) is 9.37. The Hall–Kier alpha value is -2.93. The second kappa shape index (κ2) is 13.4. The van der Waals surface area contributed by atoms with Crippen LogP contribution in [0.3, 0.4) is 0 Å². The van der Waals surface area contributed by atoms with Gasteiger partial charge < -0.3 is 4.90 Å². The molecule has 7 heteroatoms. The zero-order valence-electron chi connectivity index (χ0n) is 27.4. The van der Waals surface area contributed by atoms with Gasteiger partial charge in [-0.15, -0.1) is 0 Å². The molecule has 5 nitrogen and oxygen atoms in total. The van der Waals surface area contributed by atoms with E-state index >= 15 is 0 Å². The highest BCUT2D eigenvalue weighted by Gasteiger charge is 2.44. The van der Waals surface area contributed by atoms with Gasteiger partial charge in [0.15, 0.2) is 5.71 Å². The van der Waals surface area contributed by atoms with Crippen LogP contribution in [0.5, 0.6) is 0 Å². The van der Waals surface area contributed by atoms with E-state index in [0.717, 1.165) is 54.9 Å². The van der Waals surface area contributed by atoms with Gasteiger partial charge in [0.25, 0.3) is 10.1 Å². The summed E-state index contributed by atoms with van der Waals surface area (Å²) in [6.45, 7) is 13.0. The first-order valence-corrected chi connectivity index (χ1v) is 18.4. The van der Waals surface area contributed by atoms with E-state index in [1.54, 1.807) is 0 Å². The number of anilines is 1. The van der Waals surface area contributed by atoms with Gasteiger partial charge in [0.05, 0.1) is 11.2 Å². The van der Waals surface area contributed by atoms with Gasteiger partial charge in [-0.25, -0.2) is 0 Å². The van der Waals surface area contributed by atoms with Crippen molar-refractivity contribution >= 4 is 38.8 Å². The Morgan fingerprint density at radius 3 is 2.36 bits per heavy atom. The summed E-state index contributed by atoms with van der Waals surface area (Å²) < 4.78 is 34.1. The molecule has 2 heterocycles. The summed E-state index contributed by atoms with van der Waals surface area (Å²) >= 11 is 7.16. The lowest BCUT2D eigenvalue weighted by Crippen LogP contribution is -2.28. The van der Waals surface area contributed by atoms with Crippen molar-refractivity contribution in [1.29, 1.82) is 0 Å². The minimum atomic E-state index is -3.96. The maximum atomic E-state index is 11.3. The normalized spacial score (nSPS) is 21.0. The number of hydrogen-bond acceptors (Lipinski definition) is 3. The first kappa shape index (κ1) is 33.4. The highest BCUT2D eigenvalue weighted by atomic mass is 35.5. The van der Waals surface area contributed by atoms with Crippen LogP contribution in [0.1, 0.15) is 90.7 Å². The number of fused-ring (bicyclic) bond motifs is 2. The maximum Gasteiger partial charge on any atom is 0.264 e. The fraction of sp³-hybridized carbons (Fsp3) is 0.447. The lowest BCUT2D eigenvalue weighted by atomic mass is 9.81. The molecule has 2 aliphatic heterocycles. The molecule has 3 aliphatic rings. The van der Waals surface area contributed by atoms with Crippen LogP contribution in [-0.4, -0.2) is 42.1 Å². The molecule has 5 rings (SSSR count). The second-order valence-electron chi connectivity index (χ2n) is 13.6. The number of benzene rings is 2. The summed E-state index contributed by atoms with van der Waals surface area (Å²) in [5, 5.41) is 0.844. The van der Waals surface area contributed by atoms with Crippen molar-refractivity contribution < 1.29 is 17.5 Å². The van der Waals surface area contributed by atoms with E-state index in [1.165, 1.54) is 33.8 Å². The zero-order valence-corrected chi connectivity index (χ0v) is 29.0. The van der Waals surface area contributed by atoms with Gasteiger partial charge in [-0.3, -0.25) is 4.55 Å². The van der Waals surface area contributed by atoms with E-state index in [9.17, 15) is 13.0 Å². The van der Waals surface area contributed by atoms with E-state index in [0.29, 0.717) is 19.4 Å². The molecule has 0 radical (unpaired) electrons. The Labute approximate surface area is 275 Å². The van der Waals surface area contributed by atoms with Crippen molar-refractivity contribution in [2.45, 2.75) is 90.4 Å². The molecule has 2 aromatic carbocycles. The lowest BCUT2D eigenvalue weighted by molar-refractivity contribution is -0.438. The Bertz CT molecular complexity index is 1710. The Morgan fingerprint density at radius 2 is 1.62 bits per heavy atom. The Balaban J connectivity index is 1.46. The third-order valence-corrected chi connectivity index (χ3v) is 11.0. The Morgan fingerprint density at radius 1 is 0.911 bits per heavy atom. The number of halogens is 1. The highest BCUT2D eigenvalue weighted by Crippen LogP contribution is 2.48. The fourth-order valence-electron chi connectivity index (χ4n) is 7.20. The molecule has 0 amide bonds. The number of rotatable bonds is 11.